The van der Waals surface area contributed by atoms with Crippen LogP contribution in [0, 0.1) is 0 Å². The predicted octanol–water partition coefficient (Wildman–Crippen LogP) is 4.19. The summed E-state index contributed by atoms with van der Waals surface area (Å²) in [5, 5.41) is 6.75. The van der Waals surface area contributed by atoms with E-state index in [1.807, 2.05) is 42.5 Å². The molecule has 3 aliphatic rings. The Morgan fingerprint density at radius 1 is 1.06 bits per heavy atom. The Kier molecular flexibility index (Phi) is 7.01. The molecule has 2 N–H and O–H groups in total. The lowest BCUT2D eigenvalue weighted by Gasteiger charge is -2.31. The van der Waals surface area contributed by atoms with Gasteiger partial charge in [0.15, 0.2) is 0 Å². The summed E-state index contributed by atoms with van der Waals surface area (Å²) in [5.74, 6) is -0.361. The number of halogens is 1. The molecule has 36 heavy (non-hydrogen) atoms. The van der Waals surface area contributed by atoms with Gasteiger partial charge in [-0.25, -0.2) is 4.79 Å². The van der Waals surface area contributed by atoms with Gasteiger partial charge in [0, 0.05) is 24.5 Å². The molecule has 5 rings (SSSR count). The van der Waals surface area contributed by atoms with Gasteiger partial charge < -0.3 is 15.5 Å². The Labute approximate surface area is 216 Å². The topological polar surface area (TPSA) is 81.8 Å². The molecule has 2 aromatic rings. The summed E-state index contributed by atoms with van der Waals surface area (Å²) in [6.07, 6.45) is 5.74. The molecule has 1 fully saturated rings. The lowest BCUT2D eigenvalue weighted by Crippen LogP contribution is -2.52. The Hall–Kier alpha value is -3.32. The Morgan fingerprint density at radius 3 is 2.44 bits per heavy atom. The van der Waals surface area contributed by atoms with E-state index in [2.05, 4.69) is 10.6 Å². The van der Waals surface area contributed by atoms with Crippen LogP contribution in [0.1, 0.15) is 49.3 Å². The molecule has 188 valence electrons. The van der Waals surface area contributed by atoms with Crippen molar-refractivity contribution in [1.29, 1.82) is 0 Å². The van der Waals surface area contributed by atoms with Gasteiger partial charge in [0.2, 0.25) is 5.91 Å². The maximum absolute atomic E-state index is 14.0. The van der Waals surface area contributed by atoms with Crippen molar-refractivity contribution in [2.75, 3.05) is 13.6 Å². The summed E-state index contributed by atoms with van der Waals surface area (Å²) in [7, 11) is 1.66. The van der Waals surface area contributed by atoms with Crippen molar-refractivity contribution in [2.45, 2.75) is 56.7 Å². The van der Waals surface area contributed by atoms with Crippen LogP contribution in [-0.2, 0) is 16.0 Å². The van der Waals surface area contributed by atoms with Gasteiger partial charge in [-0.05, 0) is 36.1 Å². The van der Waals surface area contributed by atoms with E-state index in [-0.39, 0.29) is 30.4 Å². The molecular weight excluding hydrogens is 476 g/mol. The van der Waals surface area contributed by atoms with Crippen molar-refractivity contribution in [1.82, 2.24) is 20.4 Å². The minimum absolute atomic E-state index is 0.135. The van der Waals surface area contributed by atoms with Crippen molar-refractivity contribution >= 4 is 29.4 Å². The van der Waals surface area contributed by atoms with Gasteiger partial charge >= 0.3 is 6.03 Å². The smallest absolute Gasteiger partial charge is 0.322 e. The number of urea groups is 1. The summed E-state index contributed by atoms with van der Waals surface area (Å²) in [5.41, 5.74) is 2.89. The molecule has 4 amide bonds. The standard InChI is InChI=1S/C28H31ClN4O3/c1-32-23-17-33(27(35)24(23)25(31-28(32)36)19-12-14-20(29)15-13-19)22(16-18-8-4-2-5-9-18)26(34)30-21-10-6-3-7-11-21/h2,4-5,8-9,12-15,21-22,25H,3,6-7,10-11,16-17H2,1H3,(H,30,34)(H,31,36)/t22-,25-/m1/s1. The maximum Gasteiger partial charge on any atom is 0.322 e. The normalized spacial score (nSPS) is 21.3. The average Bonchev–Trinajstić information content (AvgIpc) is 3.23. The molecule has 0 spiro atoms. The molecular formula is C28H31ClN4O3. The molecule has 2 atom stereocenters. The number of likely N-dealkylation sites (N-methyl/N-ethyl adjacent to an activating group) is 1. The fourth-order valence-corrected chi connectivity index (χ4v) is 5.60. The maximum atomic E-state index is 14.0. The zero-order valence-corrected chi connectivity index (χ0v) is 21.1. The Morgan fingerprint density at radius 2 is 1.75 bits per heavy atom. The average molecular weight is 507 g/mol. The van der Waals surface area contributed by atoms with Gasteiger partial charge in [-0.1, -0.05) is 73.3 Å². The first-order valence-corrected chi connectivity index (χ1v) is 13.0. The van der Waals surface area contributed by atoms with Crippen molar-refractivity contribution in [3.05, 3.63) is 82.0 Å². The first-order chi connectivity index (χ1) is 17.4. The van der Waals surface area contributed by atoms with Gasteiger partial charge in [0.25, 0.3) is 5.91 Å². The van der Waals surface area contributed by atoms with Gasteiger partial charge in [-0.3, -0.25) is 14.5 Å². The van der Waals surface area contributed by atoms with Crippen LogP contribution in [0.2, 0.25) is 5.02 Å². The SMILES string of the molecule is CN1C(=O)N[C@H](c2ccc(Cl)cc2)C2=C1CN([C@H](Cc1ccccc1)C(=O)NC1CCCCC1)C2=O. The van der Waals surface area contributed by atoms with Gasteiger partial charge in [0.1, 0.15) is 6.04 Å². The molecule has 2 aliphatic heterocycles. The van der Waals surface area contributed by atoms with E-state index in [1.54, 1.807) is 24.1 Å². The molecule has 0 aromatic heterocycles. The molecule has 1 aliphatic carbocycles. The fourth-order valence-electron chi connectivity index (χ4n) is 5.47. The monoisotopic (exact) mass is 506 g/mol. The third-order valence-corrected chi connectivity index (χ3v) is 7.75. The minimum atomic E-state index is -0.679. The molecule has 0 bridgehead atoms. The molecule has 0 saturated heterocycles. The van der Waals surface area contributed by atoms with Crippen LogP contribution in [0.3, 0.4) is 0 Å². The number of rotatable bonds is 6. The number of carbonyl (C=O) groups excluding carboxylic acids is 3. The lowest BCUT2D eigenvalue weighted by molar-refractivity contribution is -0.137. The third kappa shape index (κ3) is 4.85. The second-order valence-electron chi connectivity index (χ2n) is 9.84. The summed E-state index contributed by atoms with van der Waals surface area (Å²) in [6.45, 7) is 0.206. The van der Waals surface area contributed by atoms with Crippen LogP contribution < -0.4 is 10.6 Å². The summed E-state index contributed by atoms with van der Waals surface area (Å²) < 4.78 is 0. The second-order valence-corrected chi connectivity index (χ2v) is 10.3. The van der Waals surface area contributed by atoms with Crippen molar-refractivity contribution in [2.24, 2.45) is 0 Å². The van der Waals surface area contributed by atoms with E-state index < -0.39 is 12.1 Å². The highest BCUT2D eigenvalue weighted by molar-refractivity contribution is 6.30. The molecule has 7 nitrogen and oxygen atoms in total. The number of amides is 4. The van der Waals surface area contributed by atoms with Gasteiger partial charge in [-0.2, -0.15) is 0 Å². The highest BCUT2D eigenvalue weighted by atomic mass is 35.5. The van der Waals surface area contributed by atoms with Crippen LogP contribution in [0.15, 0.2) is 65.9 Å². The quantitative estimate of drug-likeness (QED) is 0.616. The molecule has 0 radical (unpaired) electrons. The summed E-state index contributed by atoms with van der Waals surface area (Å²) >= 11 is 6.07. The molecule has 2 heterocycles. The molecule has 0 unspecified atom stereocenters. The Bertz CT molecular complexity index is 1180. The number of carbonyl (C=O) groups is 3. The van der Waals surface area contributed by atoms with Gasteiger partial charge in [0.05, 0.1) is 23.9 Å². The minimum Gasteiger partial charge on any atom is -0.352 e. The highest BCUT2D eigenvalue weighted by Gasteiger charge is 2.46. The molecule has 1 saturated carbocycles. The van der Waals surface area contributed by atoms with E-state index in [0.717, 1.165) is 36.8 Å². The second kappa shape index (κ2) is 10.3. The van der Waals surface area contributed by atoms with Crippen molar-refractivity contribution < 1.29 is 14.4 Å². The van der Waals surface area contributed by atoms with E-state index in [4.69, 9.17) is 11.6 Å². The number of hydrogen-bond donors (Lipinski definition) is 2. The zero-order valence-electron chi connectivity index (χ0n) is 20.4. The van der Waals surface area contributed by atoms with Crippen molar-refractivity contribution in [3.8, 4) is 0 Å². The summed E-state index contributed by atoms with van der Waals surface area (Å²) in [4.78, 5) is 43.5. The van der Waals surface area contributed by atoms with E-state index in [0.29, 0.717) is 22.7 Å². The number of benzene rings is 2. The van der Waals surface area contributed by atoms with E-state index in [1.165, 1.54) is 11.3 Å². The zero-order chi connectivity index (χ0) is 25.2. The van der Waals surface area contributed by atoms with Crippen LogP contribution in [0.5, 0.6) is 0 Å². The van der Waals surface area contributed by atoms with Crippen LogP contribution in [-0.4, -0.2) is 53.3 Å². The van der Waals surface area contributed by atoms with E-state index in [9.17, 15) is 14.4 Å². The largest absolute Gasteiger partial charge is 0.352 e. The predicted molar refractivity (Wildman–Crippen MR) is 138 cm³/mol. The fraction of sp³-hybridized carbons (Fsp3) is 0.393. The van der Waals surface area contributed by atoms with Crippen LogP contribution in [0.25, 0.3) is 0 Å². The lowest BCUT2D eigenvalue weighted by atomic mass is 9.94. The molecule has 2 aromatic carbocycles. The first kappa shape index (κ1) is 24.4. The first-order valence-electron chi connectivity index (χ1n) is 12.6. The molecule has 8 heteroatoms. The van der Waals surface area contributed by atoms with Crippen LogP contribution >= 0.6 is 11.6 Å². The van der Waals surface area contributed by atoms with Crippen molar-refractivity contribution in [3.63, 3.8) is 0 Å². The van der Waals surface area contributed by atoms with Crippen LogP contribution in [0.4, 0.5) is 4.79 Å². The van der Waals surface area contributed by atoms with Gasteiger partial charge in [-0.15, -0.1) is 0 Å². The summed E-state index contributed by atoms with van der Waals surface area (Å²) in [6, 6.07) is 15.5. The highest BCUT2D eigenvalue weighted by Crippen LogP contribution is 2.37. The number of hydrogen-bond acceptors (Lipinski definition) is 3. The number of nitrogens with zero attached hydrogens (tertiary/aromatic N) is 2. The number of nitrogens with one attached hydrogen (secondary N) is 2. The Balaban J connectivity index is 1.46. The van der Waals surface area contributed by atoms with E-state index >= 15 is 0 Å². The third-order valence-electron chi connectivity index (χ3n) is 7.49.